The van der Waals surface area contributed by atoms with E-state index in [9.17, 15) is 9.90 Å². The summed E-state index contributed by atoms with van der Waals surface area (Å²) in [6.07, 6.45) is 0. The molecule has 0 aliphatic carbocycles. The summed E-state index contributed by atoms with van der Waals surface area (Å²) in [5.74, 6) is -0.0217. The first-order valence-electron chi connectivity index (χ1n) is 3.65. The zero-order valence-corrected chi connectivity index (χ0v) is 9.26. The molecule has 1 aromatic rings. The number of phenols is 1. The van der Waals surface area contributed by atoms with Gasteiger partial charge in [0.1, 0.15) is 11.5 Å². The first kappa shape index (κ1) is 10.5. The molecule has 0 amide bonds. The van der Waals surface area contributed by atoms with Crippen molar-refractivity contribution in [3.05, 3.63) is 28.8 Å². The van der Waals surface area contributed by atoms with E-state index in [-0.39, 0.29) is 21.4 Å². The summed E-state index contributed by atoms with van der Waals surface area (Å²) in [6, 6.07) is 4.73. The van der Waals surface area contributed by atoms with E-state index in [1.165, 1.54) is 13.0 Å². The highest BCUT2D eigenvalue weighted by Gasteiger charge is 2.13. The lowest BCUT2D eigenvalue weighted by Crippen LogP contribution is -2.00. The van der Waals surface area contributed by atoms with Crippen molar-refractivity contribution in [2.24, 2.45) is 0 Å². The number of phenolic OH excluding ortho intramolecular Hbond substituents is 1. The van der Waals surface area contributed by atoms with Gasteiger partial charge in [-0.25, -0.2) is 0 Å². The van der Waals surface area contributed by atoms with Crippen LogP contribution in [0.15, 0.2) is 18.2 Å². The maximum absolute atomic E-state index is 11.0. The molecule has 1 N–H and O–H groups in total. The van der Waals surface area contributed by atoms with Crippen LogP contribution in [0.5, 0.6) is 5.75 Å². The van der Waals surface area contributed by atoms with E-state index in [0.717, 1.165) is 0 Å². The first-order chi connectivity index (χ1) is 6.02. The molecule has 1 atom stereocenters. The third kappa shape index (κ3) is 2.45. The highest BCUT2D eigenvalue weighted by Crippen LogP contribution is 2.30. The van der Waals surface area contributed by atoms with E-state index in [2.05, 4.69) is 15.9 Å². The van der Waals surface area contributed by atoms with Crippen LogP contribution in [0.2, 0.25) is 5.02 Å². The number of benzene rings is 1. The van der Waals surface area contributed by atoms with Crippen LogP contribution in [0.25, 0.3) is 0 Å². The van der Waals surface area contributed by atoms with E-state index in [4.69, 9.17) is 11.6 Å². The quantitative estimate of drug-likeness (QED) is 0.833. The third-order valence-electron chi connectivity index (χ3n) is 1.62. The molecule has 0 saturated carbocycles. The minimum absolute atomic E-state index is 0.00938. The van der Waals surface area contributed by atoms with E-state index >= 15 is 0 Å². The van der Waals surface area contributed by atoms with Crippen LogP contribution in [0.1, 0.15) is 17.3 Å². The molecule has 13 heavy (non-hydrogen) atoms. The molecule has 0 saturated heterocycles. The second kappa shape index (κ2) is 4.11. The Morgan fingerprint density at radius 3 is 2.69 bits per heavy atom. The molecule has 0 heterocycles. The molecule has 0 aromatic heterocycles. The summed E-state index contributed by atoms with van der Waals surface area (Å²) < 4.78 is 0. The van der Waals surface area contributed by atoms with Gasteiger partial charge in [-0.05, 0) is 24.6 Å². The molecule has 0 aliphatic heterocycles. The van der Waals surface area contributed by atoms with Gasteiger partial charge in [0.2, 0.25) is 0 Å². The zero-order valence-electron chi connectivity index (χ0n) is 6.92. The molecular weight excluding hydrogens is 255 g/mol. The fourth-order valence-corrected chi connectivity index (χ4v) is 1.32. The molecule has 2 nitrogen and oxygen atoms in total. The Kier molecular flexibility index (Phi) is 3.33. The third-order valence-corrected chi connectivity index (χ3v) is 3.11. The smallest absolute Gasteiger partial charge is 0.147 e. The van der Waals surface area contributed by atoms with Crippen LogP contribution in [-0.4, -0.2) is 10.9 Å². The maximum Gasteiger partial charge on any atom is 0.147 e. The lowest BCUT2D eigenvalue weighted by Gasteiger charge is -2.06. The summed E-state index contributed by atoms with van der Waals surface area (Å²) in [5.41, 5.74) is 0.703. The van der Waals surface area contributed by atoms with E-state index in [0.29, 0.717) is 5.56 Å². The molecule has 0 bridgehead atoms. The summed E-state index contributed by atoms with van der Waals surface area (Å²) >= 11 is 8.82. The van der Waals surface area contributed by atoms with Gasteiger partial charge < -0.3 is 5.11 Å². The number of hydrogen-bond acceptors (Lipinski definition) is 2. The highest BCUT2D eigenvalue weighted by atomic mass is 79.9. The van der Waals surface area contributed by atoms with E-state index in [1.54, 1.807) is 12.1 Å². The van der Waals surface area contributed by atoms with Crippen molar-refractivity contribution in [3.63, 3.8) is 0 Å². The van der Waals surface area contributed by atoms with Crippen LogP contribution < -0.4 is 0 Å². The van der Waals surface area contributed by atoms with E-state index in [1.807, 2.05) is 0 Å². The number of alkyl halides is 1. The largest absolute Gasteiger partial charge is 0.506 e. The SMILES string of the molecule is CC(=O)C(Br)c1ccc(Cl)c(O)c1. The van der Waals surface area contributed by atoms with Crippen LogP contribution >= 0.6 is 27.5 Å². The van der Waals surface area contributed by atoms with Crippen molar-refractivity contribution in [2.45, 2.75) is 11.8 Å². The average molecular weight is 264 g/mol. The van der Waals surface area contributed by atoms with Crippen LogP contribution in [0.3, 0.4) is 0 Å². The zero-order chi connectivity index (χ0) is 10.0. The Hall–Kier alpha value is -0.540. The molecule has 1 rings (SSSR count). The number of carbonyl (C=O) groups is 1. The Bertz CT molecular complexity index is 338. The highest BCUT2D eigenvalue weighted by molar-refractivity contribution is 9.09. The van der Waals surface area contributed by atoms with Gasteiger partial charge in [-0.1, -0.05) is 33.6 Å². The van der Waals surface area contributed by atoms with Crippen molar-refractivity contribution in [2.75, 3.05) is 0 Å². The van der Waals surface area contributed by atoms with Gasteiger partial charge in [-0.3, -0.25) is 4.79 Å². The summed E-state index contributed by atoms with van der Waals surface area (Å²) in [7, 11) is 0. The number of hydrogen-bond donors (Lipinski definition) is 1. The van der Waals surface area contributed by atoms with Crippen molar-refractivity contribution in [1.29, 1.82) is 0 Å². The van der Waals surface area contributed by atoms with Crippen LogP contribution in [0.4, 0.5) is 0 Å². The second-order valence-corrected chi connectivity index (χ2v) is 4.01. The average Bonchev–Trinajstić information content (AvgIpc) is 2.08. The minimum Gasteiger partial charge on any atom is -0.506 e. The molecule has 1 aromatic carbocycles. The molecule has 70 valence electrons. The number of ketones is 1. The molecule has 4 heteroatoms. The van der Waals surface area contributed by atoms with Gasteiger partial charge in [-0.15, -0.1) is 0 Å². The van der Waals surface area contributed by atoms with Gasteiger partial charge in [-0.2, -0.15) is 0 Å². The maximum atomic E-state index is 11.0. The molecule has 0 spiro atoms. The second-order valence-electron chi connectivity index (χ2n) is 2.68. The lowest BCUT2D eigenvalue weighted by molar-refractivity contribution is -0.116. The topological polar surface area (TPSA) is 37.3 Å². The standard InChI is InChI=1S/C9H8BrClO2/c1-5(12)9(10)6-2-3-7(11)8(13)4-6/h2-4,9,13H,1H3. The Morgan fingerprint density at radius 2 is 2.23 bits per heavy atom. The number of rotatable bonds is 2. The Balaban J connectivity index is 3.03. The Morgan fingerprint density at radius 1 is 1.62 bits per heavy atom. The van der Waals surface area contributed by atoms with Gasteiger partial charge in [0.25, 0.3) is 0 Å². The minimum atomic E-state index is -0.379. The van der Waals surface area contributed by atoms with Gasteiger partial charge in [0.05, 0.1) is 9.85 Å². The predicted octanol–water partition coefficient (Wildman–Crippen LogP) is 3.07. The number of aromatic hydroxyl groups is 1. The monoisotopic (exact) mass is 262 g/mol. The predicted molar refractivity (Wildman–Crippen MR) is 55.5 cm³/mol. The van der Waals surface area contributed by atoms with Gasteiger partial charge in [0, 0.05) is 0 Å². The fourth-order valence-electron chi connectivity index (χ4n) is 0.922. The number of Topliss-reactive ketones (excluding diaryl/α,β-unsaturated/α-hetero) is 1. The molecule has 0 radical (unpaired) electrons. The van der Waals surface area contributed by atoms with Crippen molar-refractivity contribution in [3.8, 4) is 5.75 Å². The van der Waals surface area contributed by atoms with Gasteiger partial charge in [0.15, 0.2) is 0 Å². The molecule has 0 aliphatic rings. The number of carbonyl (C=O) groups excluding carboxylic acids is 1. The van der Waals surface area contributed by atoms with Crippen molar-refractivity contribution < 1.29 is 9.90 Å². The normalized spacial score (nSPS) is 12.5. The first-order valence-corrected chi connectivity index (χ1v) is 4.94. The summed E-state index contributed by atoms with van der Waals surface area (Å²) in [5, 5.41) is 9.55. The Labute approximate surface area is 89.7 Å². The van der Waals surface area contributed by atoms with Crippen LogP contribution in [0, 0.1) is 0 Å². The van der Waals surface area contributed by atoms with Crippen LogP contribution in [-0.2, 0) is 4.79 Å². The molecular formula is C9H8BrClO2. The molecule has 0 fully saturated rings. The lowest BCUT2D eigenvalue weighted by atomic mass is 10.1. The fraction of sp³-hybridized carbons (Fsp3) is 0.222. The van der Waals surface area contributed by atoms with Gasteiger partial charge >= 0.3 is 0 Å². The summed E-state index contributed by atoms with van der Waals surface area (Å²) in [6.45, 7) is 1.48. The number of halogens is 2. The molecule has 1 unspecified atom stereocenters. The van der Waals surface area contributed by atoms with Crippen molar-refractivity contribution in [1.82, 2.24) is 0 Å². The summed E-state index contributed by atoms with van der Waals surface area (Å²) in [4.78, 5) is 10.6. The van der Waals surface area contributed by atoms with Crippen molar-refractivity contribution >= 4 is 33.3 Å². The van der Waals surface area contributed by atoms with E-state index < -0.39 is 0 Å².